The zero-order chi connectivity index (χ0) is 17.3. The van der Waals surface area contributed by atoms with Crippen LogP contribution in [-0.2, 0) is 5.41 Å². The van der Waals surface area contributed by atoms with Gasteiger partial charge in [-0.2, -0.15) is 0 Å². The van der Waals surface area contributed by atoms with Gasteiger partial charge in [0, 0.05) is 26.9 Å². The lowest BCUT2D eigenvalue weighted by Gasteiger charge is -2.37. The van der Waals surface area contributed by atoms with Crippen LogP contribution in [0.1, 0.15) is 43.2 Å². The van der Waals surface area contributed by atoms with Gasteiger partial charge in [-0.3, -0.25) is 4.40 Å². The fraction of sp³-hybridized carbons (Fsp3) is 0.261. The molecular weight excluding hydrogens is 384 g/mol. The Morgan fingerprint density at radius 1 is 1.00 bits per heavy atom. The third-order valence-electron chi connectivity index (χ3n) is 6.38. The summed E-state index contributed by atoms with van der Waals surface area (Å²) in [5.41, 5.74) is 6.70. The van der Waals surface area contributed by atoms with Gasteiger partial charge in [0.05, 0.1) is 11.0 Å². The molecule has 3 aromatic heterocycles. The molecule has 3 heterocycles. The lowest BCUT2D eigenvalue weighted by atomic mass is 9.66. The van der Waals surface area contributed by atoms with E-state index < -0.39 is 0 Å². The molecule has 4 aromatic rings. The molecule has 0 amide bonds. The van der Waals surface area contributed by atoms with E-state index in [-0.39, 0.29) is 5.41 Å². The maximum atomic E-state index is 4.77. The largest absolute Gasteiger partial charge is 0.292 e. The molecule has 0 radical (unpaired) electrons. The van der Waals surface area contributed by atoms with E-state index in [1.54, 1.807) is 0 Å². The van der Waals surface area contributed by atoms with Crippen LogP contribution in [0.3, 0.4) is 0 Å². The molecule has 1 saturated carbocycles. The van der Waals surface area contributed by atoms with Gasteiger partial charge in [0.1, 0.15) is 5.65 Å². The van der Waals surface area contributed by atoms with Crippen LogP contribution >= 0.6 is 15.9 Å². The zero-order valence-electron chi connectivity index (χ0n) is 14.5. The van der Waals surface area contributed by atoms with Crippen molar-refractivity contribution in [3.63, 3.8) is 0 Å². The molecule has 0 unspecified atom stereocenters. The number of para-hydroxylation sites is 1. The zero-order valence-corrected chi connectivity index (χ0v) is 16.1. The number of allylic oxidation sites excluding steroid dienone is 1. The van der Waals surface area contributed by atoms with Crippen LogP contribution in [-0.4, -0.2) is 9.38 Å². The van der Waals surface area contributed by atoms with Crippen molar-refractivity contribution in [3.05, 3.63) is 64.3 Å². The number of halogens is 1. The minimum atomic E-state index is 0.182. The van der Waals surface area contributed by atoms with Crippen LogP contribution in [0.2, 0.25) is 0 Å². The highest BCUT2D eigenvalue weighted by Gasteiger charge is 2.38. The van der Waals surface area contributed by atoms with E-state index in [0.717, 1.165) is 10.1 Å². The fourth-order valence-electron chi connectivity index (χ4n) is 5.29. The van der Waals surface area contributed by atoms with Crippen LogP contribution in [0.25, 0.3) is 33.5 Å². The van der Waals surface area contributed by atoms with Gasteiger partial charge in [-0.05, 0) is 64.2 Å². The maximum Gasteiger partial charge on any atom is 0.144 e. The van der Waals surface area contributed by atoms with Crippen molar-refractivity contribution in [2.24, 2.45) is 0 Å². The van der Waals surface area contributed by atoms with E-state index >= 15 is 0 Å². The first kappa shape index (κ1) is 15.0. The SMILES string of the molecule is Brc1cccc2c3c4c(cc5cccnc5n4c12)C=CC31CCCCC1. The van der Waals surface area contributed by atoms with Gasteiger partial charge in [0.25, 0.3) is 0 Å². The number of rotatable bonds is 0. The Bertz CT molecular complexity index is 1230. The standard InChI is InChI=1S/C23H19BrN2/c24-18-8-4-7-17-19-20-15(9-12-23(19)10-2-1-3-11-23)14-16-6-5-13-25-22(16)26(20)21(17)18/h4-9,12-14H,1-3,10-11H2. The first-order chi connectivity index (χ1) is 12.8. The summed E-state index contributed by atoms with van der Waals surface area (Å²) in [4.78, 5) is 4.77. The van der Waals surface area contributed by atoms with Gasteiger partial charge in [-0.15, -0.1) is 0 Å². The molecule has 1 spiro atoms. The van der Waals surface area contributed by atoms with Gasteiger partial charge >= 0.3 is 0 Å². The lowest BCUT2D eigenvalue weighted by Crippen LogP contribution is -2.28. The molecule has 1 aromatic carbocycles. The van der Waals surface area contributed by atoms with Crippen molar-refractivity contribution in [2.75, 3.05) is 0 Å². The summed E-state index contributed by atoms with van der Waals surface area (Å²) in [6.45, 7) is 0. The first-order valence-electron chi connectivity index (χ1n) is 9.49. The van der Waals surface area contributed by atoms with Crippen LogP contribution in [0, 0.1) is 0 Å². The maximum absolute atomic E-state index is 4.77. The minimum absolute atomic E-state index is 0.182. The van der Waals surface area contributed by atoms with Crippen molar-refractivity contribution < 1.29 is 0 Å². The molecule has 2 aliphatic rings. The molecule has 1 fully saturated rings. The molecule has 0 atom stereocenters. The van der Waals surface area contributed by atoms with Gasteiger partial charge in [-0.1, -0.05) is 43.5 Å². The van der Waals surface area contributed by atoms with Gasteiger partial charge in [-0.25, -0.2) is 4.98 Å². The number of hydrogen-bond donors (Lipinski definition) is 0. The number of aromatic nitrogens is 2. The number of pyridine rings is 2. The molecule has 2 aliphatic carbocycles. The Hall–Kier alpha value is -2.13. The Labute approximate surface area is 160 Å². The molecule has 2 nitrogen and oxygen atoms in total. The second kappa shape index (κ2) is 5.20. The Balaban J connectivity index is 1.90. The van der Waals surface area contributed by atoms with Crippen molar-refractivity contribution in [1.29, 1.82) is 0 Å². The van der Waals surface area contributed by atoms with Gasteiger partial charge in [0.2, 0.25) is 0 Å². The highest BCUT2D eigenvalue weighted by Crippen LogP contribution is 2.51. The summed E-state index contributed by atoms with van der Waals surface area (Å²) in [6.07, 6.45) is 13.3. The van der Waals surface area contributed by atoms with Crippen molar-refractivity contribution in [3.8, 4) is 0 Å². The predicted octanol–water partition coefficient (Wildman–Crippen LogP) is 6.63. The monoisotopic (exact) mass is 402 g/mol. The molecule has 128 valence electrons. The van der Waals surface area contributed by atoms with Crippen LogP contribution < -0.4 is 0 Å². The molecule has 0 saturated heterocycles. The summed E-state index contributed by atoms with van der Waals surface area (Å²) in [5, 5.41) is 2.57. The third-order valence-corrected chi connectivity index (χ3v) is 7.02. The van der Waals surface area contributed by atoms with Crippen LogP contribution in [0.15, 0.2) is 53.1 Å². The minimum Gasteiger partial charge on any atom is -0.292 e. The molecule has 0 bridgehead atoms. The van der Waals surface area contributed by atoms with Gasteiger partial charge in [0.15, 0.2) is 0 Å². The molecule has 6 rings (SSSR count). The molecule has 0 N–H and O–H groups in total. The normalized spacial score (nSPS) is 18.3. The topological polar surface area (TPSA) is 17.3 Å². The average Bonchev–Trinajstić information content (AvgIpc) is 3.04. The second-order valence-corrected chi connectivity index (χ2v) is 8.62. The van der Waals surface area contributed by atoms with E-state index in [1.165, 1.54) is 65.0 Å². The Kier molecular flexibility index (Phi) is 3.00. The quantitative estimate of drug-likeness (QED) is 0.322. The molecular formula is C23H19BrN2. The van der Waals surface area contributed by atoms with Gasteiger partial charge < -0.3 is 0 Å². The number of nitrogens with zero attached hydrogens (tertiary/aromatic N) is 2. The number of hydrogen-bond acceptors (Lipinski definition) is 1. The highest BCUT2D eigenvalue weighted by atomic mass is 79.9. The second-order valence-electron chi connectivity index (χ2n) is 7.76. The van der Waals surface area contributed by atoms with E-state index in [0.29, 0.717) is 0 Å². The van der Waals surface area contributed by atoms with E-state index in [9.17, 15) is 0 Å². The van der Waals surface area contributed by atoms with Crippen molar-refractivity contribution >= 4 is 49.5 Å². The fourth-order valence-corrected chi connectivity index (χ4v) is 5.83. The van der Waals surface area contributed by atoms with Crippen LogP contribution in [0.5, 0.6) is 0 Å². The number of fused-ring (bicyclic) bond motifs is 6. The van der Waals surface area contributed by atoms with E-state index in [1.807, 2.05) is 12.3 Å². The first-order valence-corrected chi connectivity index (χ1v) is 10.3. The molecule has 3 heteroatoms. The Morgan fingerprint density at radius 2 is 1.88 bits per heavy atom. The molecule has 26 heavy (non-hydrogen) atoms. The molecule has 0 aliphatic heterocycles. The smallest absolute Gasteiger partial charge is 0.144 e. The summed E-state index contributed by atoms with van der Waals surface area (Å²) < 4.78 is 3.55. The third kappa shape index (κ3) is 1.79. The summed E-state index contributed by atoms with van der Waals surface area (Å²) >= 11 is 3.83. The van der Waals surface area contributed by atoms with Crippen LogP contribution in [0.4, 0.5) is 0 Å². The highest BCUT2D eigenvalue weighted by molar-refractivity contribution is 9.10. The summed E-state index contributed by atoms with van der Waals surface area (Å²) in [5.74, 6) is 0. The Morgan fingerprint density at radius 3 is 2.77 bits per heavy atom. The van der Waals surface area contributed by atoms with E-state index in [4.69, 9.17) is 4.98 Å². The van der Waals surface area contributed by atoms with Crippen molar-refractivity contribution in [1.82, 2.24) is 9.38 Å². The van der Waals surface area contributed by atoms with E-state index in [2.05, 4.69) is 62.8 Å². The summed E-state index contributed by atoms with van der Waals surface area (Å²) in [7, 11) is 0. The predicted molar refractivity (Wildman–Crippen MR) is 112 cm³/mol. The lowest BCUT2D eigenvalue weighted by molar-refractivity contribution is 0.361. The summed E-state index contributed by atoms with van der Waals surface area (Å²) in [6, 6.07) is 13.1. The number of benzene rings is 1. The average molecular weight is 403 g/mol. The van der Waals surface area contributed by atoms with Crippen molar-refractivity contribution in [2.45, 2.75) is 37.5 Å².